The number of halogens is 3. The van der Waals surface area contributed by atoms with Crippen LogP contribution < -0.4 is 5.73 Å². The van der Waals surface area contributed by atoms with E-state index in [4.69, 9.17) is 5.73 Å². The Hall–Kier alpha value is -4.14. The summed E-state index contributed by atoms with van der Waals surface area (Å²) >= 11 is 0. The maximum atomic E-state index is 13.1. The van der Waals surface area contributed by atoms with Crippen LogP contribution in [0.5, 0.6) is 0 Å². The number of carbonyl (C=O) groups is 1. The van der Waals surface area contributed by atoms with Gasteiger partial charge in [-0.1, -0.05) is 36.4 Å². The zero-order valence-electron chi connectivity index (χ0n) is 16.5. The van der Waals surface area contributed by atoms with Crippen LogP contribution in [0.15, 0.2) is 73.1 Å². The highest BCUT2D eigenvalue weighted by Gasteiger charge is 2.35. The van der Waals surface area contributed by atoms with E-state index in [1.54, 1.807) is 18.2 Å². The Bertz CT molecular complexity index is 1280. The first kappa shape index (κ1) is 21.1. The topological polar surface area (TPSA) is 94.7 Å². The number of nitrogens with zero attached hydrogens (tertiary/aromatic N) is 4. The van der Waals surface area contributed by atoms with Crippen molar-refractivity contribution in [2.75, 3.05) is 5.73 Å². The standard InChI is InChI=1S/C23H16F3N5O/c24-23(25,26)22-30-19(12-21(27)31-22)16-9-10-28-13-15(16)11-20(32)18-8-4-7-17(29-18)14-5-2-1-3-6-14/h1-10,12-13H,11H2,(H2,27,30,31). The van der Waals surface area contributed by atoms with Gasteiger partial charge < -0.3 is 5.73 Å². The zero-order chi connectivity index (χ0) is 22.7. The van der Waals surface area contributed by atoms with E-state index in [9.17, 15) is 18.0 Å². The summed E-state index contributed by atoms with van der Waals surface area (Å²) in [6.45, 7) is 0. The molecule has 0 atom stereocenters. The summed E-state index contributed by atoms with van der Waals surface area (Å²) in [4.78, 5) is 28.2. The summed E-state index contributed by atoms with van der Waals surface area (Å²) in [5, 5.41) is 0. The fraction of sp³-hybridized carbons (Fsp3) is 0.0870. The minimum absolute atomic E-state index is 0.0407. The van der Waals surface area contributed by atoms with Gasteiger partial charge >= 0.3 is 6.18 Å². The molecule has 9 heteroatoms. The number of rotatable bonds is 5. The van der Waals surface area contributed by atoms with E-state index in [1.165, 1.54) is 24.5 Å². The second kappa shape index (κ2) is 8.54. The van der Waals surface area contributed by atoms with Crippen LogP contribution in [0.1, 0.15) is 21.9 Å². The van der Waals surface area contributed by atoms with Gasteiger partial charge in [-0.3, -0.25) is 9.78 Å². The Balaban J connectivity index is 1.67. The van der Waals surface area contributed by atoms with Crippen molar-refractivity contribution >= 4 is 11.6 Å². The molecule has 0 fully saturated rings. The van der Waals surface area contributed by atoms with E-state index in [0.717, 1.165) is 5.56 Å². The number of pyridine rings is 2. The number of alkyl halides is 3. The van der Waals surface area contributed by atoms with Gasteiger partial charge in [0.1, 0.15) is 11.5 Å². The van der Waals surface area contributed by atoms with Crippen LogP contribution in [0.2, 0.25) is 0 Å². The van der Waals surface area contributed by atoms with E-state index in [2.05, 4.69) is 19.9 Å². The van der Waals surface area contributed by atoms with Gasteiger partial charge in [0.25, 0.3) is 0 Å². The highest BCUT2D eigenvalue weighted by atomic mass is 19.4. The summed E-state index contributed by atoms with van der Waals surface area (Å²) in [6.07, 6.45) is -2.06. The second-order valence-corrected chi connectivity index (χ2v) is 6.91. The molecule has 0 amide bonds. The number of hydrogen-bond donors (Lipinski definition) is 1. The molecule has 4 rings (SSSR count). The molecule has 3 aromatic heterocycles. The second-order valence-electron chi connectivity index (χ2n) is 6.91. The summed E-state index contributed by atoms with van der Waals surface area (Å²) < 4.78 is 39.4. The minimum Gasteiger partial charge on any atom is -0.384 e. The van der Waals surface area contributed by atoms with Gasteiger partial charge in [0.05, 0.1) is 11.4 Å². The number of Topliss-reactive ketones (excluding diaryl/α,β-unsaturated/α-hetero) is 1. The molecule has 1 aromatic carbocycles. The molecule has 0 aliphatic carbocycles. The molecule has 160 valence electrons. The van der Waals surface area contributed by atoms with Crippen LogP contribution in [0.25, 0.3) is 22.5 Å². The molecular formula is C23H16F3N5O. The Morgan fingerprint density at radius 3 is 2.44 bits per heavy atom. The van der Waals surface area contributed by atoms with Crippen molar-refractivity contribution in [2.45, 2.75) is 12.6 Å². The van der Waals surface area contributed by atoms with Gasteiger partial charge in [-0.25, -0.2) is 15.0 Å². The van der Waals surface area contributed by atoms with Gasteiger partial charge in [-0.15, -0.1) is 0 Å². The minimum atomic E-state index is -4.76. The fourth-order valence-corrected chi connectivity index (χ4v) is 3.17. The summed E-state index contributed by atoms with van der Waals surface area (Å²) in [5.74, 6) is -1.98. The van der Waals surface area contributed by atoms with Crippen molar-refractivity contribution in [1.82, 2.24) is 19.9 Å². The Morgan fingerprint density at radius 2 is 1.69 bits per heavy atom. The van der Waals surface area contributed by atoms with Gasteiger partial charge in [0.15, 0.2) is 5.78 Å². The molecule has 6 nitrogen and oxygen atoms in total. The third-order valence-electron chi connectivity index (χ3n) is 4.63. The number of aromatic nitrogens is 4. The molecule has 0 aliphatic rings. The molecule has 0 unspecified atom stereocenters. The quantitative estimate of drug-likeness (QED) is 0.460. The number of benzene rings is 1. The van der Waals surface area contributed by atoms with Crippen molar-refractivity contribution < 1.29 is 18.0 Å². The number of nitrogen functional groups attached to an aromatic ring is 1. The molecule has 0 spiro atoms. The lowest BCUT2D eigenvalue weighted by Crippen LogP contribution is -2.13. The third-order valence-corrected chi connectivity index (χ3v) is 4.63. The van der Waals surface area contributed by atoms with E-state index in [0.29, 0.717) is 16.8 Å². The molecule has 0 radical (unpaired) electrons. The Morgan fingerprint density at radius 1 is 0.906 bits per heavy atom. The van der Waals surface area contributed by atoms with Crippen molar-refractivity contribution in [2.24, 2.45) is 0 Å². The van der Waals surface area contributed by atoms with Crippen LogP contribution >= 0.6 is 0 Å². The lowest BCUT2D eigenvalue weighted by atomic mass is 10.0. The maximum Gasteiger partial charge on any atom is 0.451 e. The number of carbonyl (C=O) groups excluding carboxylic acids is 1. The van der Waals surface area contributed by atoms with E-state index in [1.807, 2.05) is 30.3 Å². The highest BCUT2D eigenvalue weighted by molar-refractivity contribution is 5.97. The van der Waals surface area contributed by atoms with Gasteiger partial charge in [-0.05, 0) is 23.8 Å². The lowest BCUT2D eigenvalue weighted by Gasteiger charge is -2.11. The highest BCUT2D eigenvalue weighted by Crippen LogP contribution is 2.30. The van der Waals surface area contributed by atoms with E-state index >= 15 is 0 Å². The Kier molecular flexibility index (Phi) is 5.63. The number of nitrogens with two attached hydrogens (primary N) is 1. The molecule has 32 heavy (non-hydrogen) atoms. The molecule has 4 aromatic rings. The average molecular weight is 435 g/mol. The van der Waals surface area contributed by atoms with Gasteiger partial charge in [0, 0.05) is 36.0 Å². The zero-order valence-corrected chi connectivity index (χ0v) is 16.5. The third kappa shape index (κ3) is 4.61. The predicted molar refractivity (Wildman–Crippen MR) is 112 cm³/mol. The molecule has 0 aliphatic heterocycles. The molecule has 0 saturated heterocycles. The SMILES string of the molecule is Nc1cc(-c2ccncc2CC(=O)c2cccc(-c3ccccc3)n2)nc(C(F)(F)F)n1. The first-order valence-corrected chi connectivity index (χ1v) is 9.52. The first-order valence-electron chi connectivity index (χ1n) is 9.52. The monoisotopic (exact) mass is 435 g/mol. The Labute approximate surface area is 181 Å². The molecule has 3 heterocycles. The predicted octanol–water partition coefficient (Wildman–Crippen LogP) is 4.63. The van der Waals surface area contributed by atoms with Crippen LogP contribution in [0, 0.1) is 0 Å². The summed E-state index contributed by atoms with van der Waals surface area (Å²) in [6, 6.07) is 17.2. The van der Waals surface area contributed by atoms with Crippen LogP contribution in [-0.2, 0) is 12.6 Å². The number of hydrogen-bond acceptors (Lipinski definition) is 6. The van der Waals surface area contributed by atoms with Crippen LogP contribution in [0.4, 0.5) is 19.0 Å². The normalized spacial score (nSPS) is 11.3. The molecular weight excluding hydrogens is 419 g/mol. The maximum absolute atomic E-state index is 13.1. The molecule has 0 bridgehead atoms. The van der Waals surface area contributed by atoms with Crippen molar-refractivity contribution in [3.63, 3.8) is 0 Å². The van der Waals surface area contributed by atoms with Crippen molar-refractivity contribution in [3.05, 3.63) is 90.1 Å². The fourth-order valence-electron chi connectivity index (χ4n) is 3.17. The molecule has 2 N–H and O–H groups in total. The lowest BCUT2D eigenvalue weighted by molar-refractivity contribution is -0.144. The smallest absolute Gasteiger partial charge is 0.384 e. The van der Waals surface area contributed by atoms with E-state index in [-0.39, 0.29) is 29.4 Å². The van der Waals surface area contributed by atoms with Crippen molar-refractivity contribution in [3.8, 4) is 22.5 Å². The summed E-state index contributed by atoms with van der Waals surface area (Å²) in [5.41, 5.74) is 7.97. The van der Waals surface area contributed by atoms with Crippen LogP contribution in [0.3, 0.4) is 0 Å². The number of anilines is 1. The number of ketones is 1. The van der Waals surface area contributed by atoms with Crippen molar-refractivity contribution in [1.29, 1.82) is 0 Å². The van der Waals surface area contributed by atoms with Gasteiger partial charge in [0.2, 0.25) is 5.82 Å². The summed E-state index contributed by atoms with van der Waals surface area (Å²) in [7, 11) is 0. The van der Waals surface area contributed by atoms with Gasteiger partial charge in [-0.2, -0.15) is 13.2 Å². The van der Waals surface area contributed by atoms with Crippen LogP contribution in [-0.4, -0.2) is 25.7 Å². The average Bonchev–Trinajstić information content (AvgIpc) is 2.79. The largest absolute Gasteiger partial charge is 0.451 e. The molecule has 0 saturated carbocycles. The first-order chi connectivity index (χ1) is 15.3. The van der Waals surface area contributed by atoms with E-state index < -0.39 is 12.0 Å².